The van der Waals surface area contributed by atoms with Gasteiger partial charge in [0.05, 0.1) is 22.9 Å². The van der Waals surface area contributed by atoms with E-state index < -0.39 is 22.9 Å². The van der Waals surface area contributed by atoms with Crippen LogP contribution in [0.4, 0.5) is 0 Å². The molecular formula is C15H30O4. The van der Waals surface area contributed by atoms with Gasteiger partial charge < -0.3 is 20.4 Å². The molecule has 0 saturated heterocycles. The summed E-state index contributed by atoms with van der Waals surface area (Å²) in [5, 5.41) is 40.4. The van der Waals surface area contributed by atoms with Crippen LogP contribution in [0.5, 0.6) is 0 Å². The highest BCUT2D eigenvalue weighted by molar-refractivity contribution is 4.99. The van der Waals surface area contributed by atoms with Crippen LogP contribution in [0, 0.1) is 11.8 Å². The van der Waals surface area contributed by atoms with Crippen molar-refractivity contribution in [3.05, 3.63) is 0 Å². The molecule has 0 aromatic rings. The minimum absolute atomic E-state index is 0.0245. The Morgan fingerprint density at radius 2 is 1.79 bits per heavy atom. The molecule has 1 aliphatic rings. The number of aliphatic hydroxyl groups excluding tert-OH is 1. The summed E-state index contributed by atoms with van der Waals surface area (Å²) in [7, 11) is 0. The van der Waals surface area contributed by atoms with Crippen LogP contribution < -0.4 is 0 Å². The van der Waals surface area contributed by atoms with Crippen LogP contribution in [0.25, 0.3) is 0 Å². The summed E-state index contributed by atoms with van der Waals surface area (Å²) in [5.74, 6) is 0.0540. The van der Waals surface area contributed by atoms with Gasteiger partial charge in [0.25, 0.3) is 0 Å². The maximum absolute atomic E-state index is 10.6. The normalized spacial score (nSPS) is 37.1. The monoisotopic (exact) mass is 274 g/mol. The predicted octanol–water partition coefficient (Wildman–Crippen LogP) is 1.45. The number of hydrogen-bond donors (Lipinski definition) is 4. The second-order valence-corrected chi connectivity index (χ2v) is 7.36. The average Bonchev–Trinajstić information content (AvgIpc) is 2.50. The van der Waals surface area contributed by atoms with E-state index in [-0.39, 0.29) is 11.8 Å². The molecule has 4 N–H and O–H groups in total. The molecule has 0 unspecified atom stereocenters. The summed E-state index contributed by atoms with van der Waals surface area (Å²) in [5.41, 5.74) is -2.79. The fourth-order valence-corrected chi connectivity index (χ4v) is 3.18. The third-order valence-electron chi connectivity index (χ3n) is 5.08. The van der Waals surface area contributed by atoms with Gasteiger partial charge in [0.2, 0.25) is 0 Å². The van der Waals surface area contributed by atoms with Crippen LogP contribution in [0.2, 0.25) is 0 Å². The largest absolute Gasteiger partial charge is 0.390 e. The highest BCUT2D eigenvalue weighted by Gasteiger charge is 2.48. The first-order valence-electron chi connectivity index (χ1n) is 7.23. The van der Waals surface area contributed by atoms with Crippen molar-refractivity contribution in [3.63, 3.8) is 0 Å². The fourth-order valence-electron chi connectivity index (χ4n) is 3.18. The Bertz CT molecular complexity index is 304. The molecule has 4 heteroatoms. The molecule has 0 bridgehead atoms. The summed E-state index contributed by atoms with van der Waals surface area (Å²) in [6.07, 6.45) is 1.41. The van der Waals surface area contributed by atoms with Gasteiger partial charge in [-0.1, -0.05) is 6.92 Å². The van der Waals surface area contributed by atoms with Gasteiger partial charge in [-0.05, 0) is 65.2 Å². The maximum Gasteiger partial charge on any atom is 0.0849 e. The Morgan fingerprint density at radius 1 is 1.26 bits per heavy atom. The number of hydrogen-bond acceptors (Lipinski definition) is 4. The van der Waals surface area contributed by atoms with Crippen LogP contribution in [0.1, 0.15) is 60.3 Å². The minimum atomic E-state index is -1.15. The molecular weight excluding hydrogens is 244 g/mol. The van der Waals surface area contributed by atoms with Crippen molar-refractivity contribution in [3.8, 4) is 0 Å². The van der Waals surface area contributed by atoms with Crippen molar-refractivity contribution < 1.29 is 20.4 Å². The zero-order valence-corrected chi connectivity index (χ0v) is 12.8. The molecule has 0 aliphatic heterocycles. The summed E-state index contributed by atoms with van der Waals surface area (Å²) >= 11 is 0. The molecule has 19 heavy (non-hydrogen) atoms. The summed E-state index contributed by atoms with van der Waals surface area (Å²) in [6, 6.07) is 0. The van der Waals surface area contributed by atoms with Crippen LogP contribution in [0.3, 0.4) is 0 Å². The second kappa shape index (κ2) is 5.32. The molecule has 0 aromatic heterocycles. The quantitative estimate of drug-likeness (QED) is 0.611. The smallest absolute Gasteiger partial charge is 0.0849 e. The lowest BCUT2D eigenvalue weighted by Gasteiger charge is -2.37. The Balaban J connectivity index is 2.62. The van der Waals surface area contributed by atoms with E-state index in [0.717, 1.165) is 6.42 Å². The molecule has 1 aliphatic carbocycles. The zero-order chi connectivity index (χ0) is 15.1. The summed E-state index contributed by atoms with van der Waals surface area (Å²) in [4.78, 5) is 0. The molecule has 0 spiro atoms. The van der Waals surface area contributed by atoms with Crippen LogP contribution in [0.15, 0.2) is 0 Å². The average molecular weight is 274 g/mol. The summed E-state index contributed by atoms with van der Waals surface area (Å²) < 4.78 is 0. The number of aliphatic hydroxyl groups is 4. The Hall–Kier alpha value is -0.160. The van der Waals surface area contributed by atoms with E-state index in [9.17, 15) is 20.4 Å². The molecule has 1 fully saturated rings. The van der Waals surface area contributed by atoms with Crippen molar-refractivity contribution in [2.45, 2.75) is 83.2 Å². The molecule has 114 valence electrons. The Kier molecular flexibility index (Phi) is 4.73. The zero-order valence-electron chi connectivity index (χ0n) is 12.8. The van der Waals surface area contributed by atoms with E-state index in [4.69, 9.17) is 0 Å². The Labute approximate surface area is 116 Å². The lowest BCUT2D eigenvalue weighted by Crippen LogP contribution is -2.43. The third kappa shape index (κ3) is 3.91. The van der Waals surface area contributed by atoms with Crippen LogP contribution in [-0.2, 0) is 0 Å². The highest BCUT2D eigenvalue weighted by atomic mass is 16.3. The van der Waals surface area contributed by atoms with Gasteiger partial charge in [0, 0.05) is 0 Å². The molecule has 0 heterocycles. The molecule has 5 atom stereocenters. The van der Waals surface area contributed by atoms with E-state index in [2.05, 4.69) is 0 Å². The van der Waals surface area contributed by atoms with Crippen molar-refractivity contribution in [1.29, 1.82) is 0 Å². The van der Waals surface area contributed by atoms with Crippen molar-refractivity contribution in [2.24, 2.45) is 11.8 Å². The van der Waals surface area contributed by atoms with Gasteiger partial charge in [-0.25, -0.2) is 0 Å². The standard InChI is InChI=1S/C15H30O4/c1-10-11(6-8-14(10,4)18)15(5,19)9-7-12(16)13(2,3)17/h10-12,16-19H,6-9H2,1-5H3/t10-,11+,12-,14+,15+/m0/s1. The molecule has 0 amide bonds. The van der Waals surface area contributed by atoms with E-state index in [1.54, 1.807) is 20.8 Å². The van der Waals surface area contributed by atoms with Crippen molar-refractivity contribution in [1.82, 2.24) is 0 Å². The lowest BCUT2D eigenvalue weighted by molar-refractivity contribution is -0.0841. The van der Waals surface area contributed by atoms with Gasteiger partial charge in [0.1, 0.15) is 0 Å². The first-order chi connectivity index (χ1) is 8.38. The van der Waals surface area contributed by atoms with Gasteiger partial charge in [-0.3, -0.25) is 0 Å². The molecule has 0 radical (unpaired) electrons. The SMILES string of the molecule is C[C@H]1[C@H]([C@](C)(O)CC[C@H](O)C(C)(C)O)CC[C@@]1(C)O. The molecule has 1 rings (SSSR count). The Morgan fingerprint density at radius 3 is 2.16 bits per heavy atom. The molecule has 0 aromatic carbocycles. The van der Waals surface area contributed by atoms with E-state index in [1.807, 2.05) is 13.8 Å². The maximum atomic E-state index is 10.6. The second-order valence-electron chi connectivity index (χ2n) is 7.36. The van der Waals surface area contributed by atoms with Crippen molar-refractivity contribution >= 4 is 0 Å². The van der Waals surface area contributed by atoms with Gasteiger partial charge in [-0.15, -0.1) is 0 Å². The van der Waals surface area contributed by atoms with Crippen LogP contribution >= 0.6 is 0 Å². The van der Waals surface area contributed by atoms with Gasteiger partial charge in [-0.2, -0.15) is 0 Å². The topological polar surface area (TPSA) is 80.9 Å². The van der Waals surface area contributed by atoms with E-state index in [1.165, 1.54) is 0 Å². The highest BCUT2D eigenvalue weighted by Crippen LogP contribution is 2.46. The summed E-state index contributed by atoms with van der Waals surface area (Å²) in [6.45, 7) is 8.69. The lowest BCUT2D eigenvalue weighted by atomic mass is 9.76. The number of rotatable bonds is 5. The first-order valence-corrected chi connectivity index (χ1v) is 7.23. The van der Waals surface area contributed by atoms with Crippen molar-refractivity contribution in [2.75, 3.05) is 0 Å². The predicted molar refractivity (Wildman–Crippen MR) is 74.7 cm³/mol. The minimum Gasteiger partial charge on any atom is -0.390 e. The molecule has 4 nitrogen and oxygen atoms in total. The first kappa shape index (κ1) is 16.9. The van der Waals surface area contributed by atoms with Gasteiger partial charge in [0.15, 0.2) is 0 Å². The van der Waals surface area contributed by atoms with Crippen LogP contribution in [-0.4, -0.2) is 43.3 Å². The van der Waals surface area contributed by atoms with E-state index in [0.29, 0.717) is 19.3 Å². The third-order valence-corrected chi connectivity index (χ3v) is 5.08. The fraction of sp³-hybridized carbons (Fsp3) is 1.00. The van der Waals surface area contributed by atoms with E-state index >= 15 is 0 Å². The van der Waals surface area contributed by atoms with Gasteiger partial charge >= 0.3 is 0 Å². The molecule has 1 saturated carbocycles.